The fourth-order valence-electron chi connectivity index (χ4n) is 1.60. The van der Waals surface area contributed by atoms with Gasteiger partial charge in [0.05, 0.1) is 6.10 Å². The smallest absolute Gasteiger partial charge is 0.0514 e. The van der Waals surface area contributed by atoms with Crippen LogP contribution in [0.2, 0.25) is 0 Å². The highest BCUT2D eigenvalue weighted by Gasteiger charge is 2.01. The first-order chi connectivity index (χ1) is 7.47. The van der Waals surface area contributed by atoms with Crippen LogP contribution in [0.4, 0.5) is 0 Å². The zero-order valence-corrected chi connectivity index (χ0v) is 11.9. The first-order valence-electron chi connectivity index (χ1n) is 6.76. The summed E-state index contributed by atoms with van der Waals surface area (Å²) in [6.45, 7) is 10.7. The number of rotatable bonds is 7. The molecule has 0 aliphatic heterocycles. The summed E-state index contributed by atoms with van der Waals surface area (Å²) in [4.78, 5) is 0. The lowest BCUT2D eigenvalue weighted by Gasteiger charge is -2.08. The van der Waals surface area contributed by atoms with Crippen LogP contribution in [0, 0.1) is 11.8 Å². The van der Waals surface area contributed by atoms with Crippen LogP contribution in [0.5, 0.6) is 0 Å². The maximum absolute atomic E-state index is 8.75. The van der Waals surface area contributed by atoms with E-state index in [1.54, 1.807) is 0 Å². The van der Waals surface area contributed by atoms with Crippen LogP contribution < -0.4 is 0 Å². The Morgan fingerprint density at radius 1 is 1.06 bits per heavy atom. The molecule has 0 saturated heterocycles. The molecule has 0 spiro atoms. The van der Waals surface area contributed by atoms with Gasteiger partial charge in [-0.15, -0.1) is 0 Å². The van der Waals surface area contributed by atoms with Crippen LogP contribution in [0.1, 0.15) is 66.7 Å². The Kier molecular flexibility index (Phi) is 14.8. The van der Waals surface area contributed by atoms with E-state index in [1.165, 1.54) is 19.3 Å². The van der Waals surface area contributed by atoms with E-state index in [4.69, 9.17) is 10.2 Å². The molecule has 2 nitrogen and oxygen atoms in total. The largest absolute Gasteiger partial charge is 0.396 e. The highest BCUT2D eigenvalue weighted by atomic mass is 16.3. The van der Waals surface area contributed by atoms with Gasteiger partial charge in [-0.2, -0.15) is 0 Å². The topological polar surface area (TPSA) is 40.5 Å². The molecular formula is C14H32O2. The van der Waals surface area contributed by atoms with Crippen LogP contribution in [0.15, 0.2) is 0 Å². The van der Waals surface area contributed by atoms with Gasteiger partial charge in [0.15, 0.2) is 0 Å². The third kappa shape index (κ3) is 16.4. The number of aliphatic hydroxyl groups excluding tert-OH is 2. The van der Waals surface area contributed by atoms with Gasteiger partial charge in [0.2, 0.25) is 0 Å². The zero-order valence-electron chi connectivity index (χ0n) is 11.9. The second-order valence-corrected chi connectivity index (χ2v) is 5.08. The van der Waals surface area contributed by atoms with E-state index in [0.29, 0.717) is 18.4 Å². The van der Waals surface area contributed by atoms with E-state index >= 15 is 0 Å². The van der Waals surface area contributed by atoms with Crippen molar-refractivity contribution in [3.05, 3.63) is 0 Å². The molecule has 0 saturated carbocycles. The third-order valence-corrected chi connectivity index (χ3v) is 2.61. The predicted molar refractivity (Wildman–Crippen MR) is 71.5 cm³/mol. The van der Waals surface area contributed by atoms with Crippen LogP contribution in [0.25, 0.3) is 0 Å². The fraction of sp³-hybridized carbons (Fsp3) is 1.00. The van der Waals surface area contributed by atoms with Crippen molar-refractivity contribution in [2.45, 2.75) is 72.8 Å². The van der Waals surface area contributed by atoms with Gasteiger partial charge >= 0.3 is 0 Å². The minimum atomic E-state index is -0.125. The van der Waals surface area contributed by atoms with Crippen LogP contribution in [-0.2, 0) is 0 Å². The summed E-state index contributed by atoms with van der Waals surface area (Å²) in [7, 11) is 0. The average Bonchev–Trinajstić information content (AvgIpc) is 2.18. The quantitative estimate of drug-likeness (QED) is 0.704. The van der Waals surface area contributed by atoms with Gasteiger partial charge < -0.3 is 10.2 Å². The molecule has 2 N–H and O–H groups in total. The molecule has 0 bridgehead atoms. The van der Waals surface area contributed by atoms with E-state index in [-0.39, 0.29) is 6.10 Å². The minimum absolute atomic E-state index is 0.125. The number of unbranched alkanes of at least 4 members (excludes halogenated alkanes) is 1. The molecule has 16 heavy (non-hydrogen) atoms. The average molecular weight is 232 g/mol. The lowest BCUT2D eigenvalue weighted by Crippen LogP contribution is -2.03. The molecule has 0 aromatic heterocycles. The molecule has 0 rings (SSSR count). The van der Waals surface area contributed by atoms with Gasteiger partial charge in [-0.05, 0) is 31.6 Å². The van der Waals surface area contributed by atoms with E-state index in [2.05, 4.69) is 27.7 Å². The van der Waals surface area contributed by atoms with Gasteiger partial charge in [0.1, 0.15) is 0 Å². The molecule has 0 heterocycles. The van der Waals surface area contributed by atoms with Crippen molar-refractivity contribution in [2.24, 2.45) is 11.8 Å². The van der Waals surface area contributed by atoms with E-state index < -0.39 is 0 Å². The Balaban J connectivity index is 0. The van der Waals surface area contributed by atoms with Gasteiger partial charge in [-0.3, -0.25) is 0 Å². The molecule has 2 unspecified atom stereocenters. The zero-order chi connectivity index (χ0) is 13.0. The molecule has 2 heteroatoms. The maximum Gasteiger partial charge on any atom is 0.0514 e. The SMILES string of the molecule is CC(C)CC(C)O.CCCCC(CC)CO. The second kappa shape index (κ2) is 13.0. The van der Waals surface area contributed by atoms with Crippen molar-refractivity contribution < 1.29 is 10.2 Å². The highest BCUT2D eigenvalue weighted by molar-refractivity contribution is 4.53. The third-order valence-electron chi connectivity index (χ3n) is 2.61. The van der Waals surface area contributed by atoms with Crippen molar-refractivity contribution in [1.82, 2.24) is 0 Å². The van der Waals surface area contributed by atoms with Gasteiger partial charge in [-0.1, -0.05) is 47.0 Å². The van der Waals surface area contributed by atoms with Gasteiger partial charge in [-0.25, -0.2) is 0 Å². The fourth-order valence-corrected chi connectivity index (χ4v) is 1.60. The molecule has 0 amide bonds. The van der Waals surface area contributed by atoms with E-state index in [9.17, 15) is 0 Å². The van der Waals surface area contributed by atoms with Crippen LogP contribution >= 0.6 is 0 Å². The molecule has 100 valence electrons. The molecular weight excluding hydrogens is 200 g/mol. The maximum atomic E-state index is 8.75. The molecule has 2 atom stereocenters. The first kappa shape index (κ1) is 18.3. The summed E-state index contributed by atoms with van der Waals surface area (Å²) in [5.74, 6) is 1.19. The summed E-state index contributed by atoms with van der Waals surface area (Å²) in [6, 6.07) is 0. The Bertz CT molecular complexity index is 112. The summed E-state index contributed by atoms with van der Waals surface area (Å²) in [5, 5.41) is 17.5. The molecule has 0 fully saturated rings. The number of aliphatic hydroxyl groups is 2. The van der Waals surface area contributed by atoms with Crippen molar-refractivity contribution in [2.75, 3.05) is 6.61 Å². The standard InChI is InChI=1S/C8H18O.C6H14O/c1-3-5-6-8(4-2)7-9;1-5(2)4-6(3)7/h8-9H,3-7H2,1-2H3;5-7H,4H2,1-3H3. The van der Waals surface area contributed by atoms with Crippen LogP contribution in [0.3, 0.4) is 0 Å². The van der Waals surface area contributed by atoms with Crippen molar-refractivity contribution in [1.29, 1.82) is 0 Å². The highest BCUT2D eigenvalue weighted by Crippen LogP contribution is 2.10. The Morgan fingerprint density at radius 3 is 1.81 bits per heavy atom. The summed E-state index contributed by atoms with van der Waals surface area (Å²) in [5.41, 5.74) is 0. The summed E-state index contributed by atoms with van der Waals surface area (Å²) >= 11 is 0. The molecule has 0 radical (unpaired) electrons. The lowest BCUT2D eigenvalue weighted by atomic mass is 10.0. The number of hydrogen-bond acceptors (Lipinski definition) is 2. The summed E-state index contributed by atoms with van der Waals surface area (Å²) < 4.78 is 0. The monoisotopic (exact) mass is 232 g/mol. The first-order valence-corrected chi connectivity index (χ1v) is 6.76. The predicted octanol–water partition coefficient (Wildman–Crippen LogP) is 3.61. The lowest BCUT2D eigenvalue weighted by molar-refractivity contribution is 0.168. The Labute approximate surface area is 102 Å². The van der Waals surface area contributed by atoms with Crippen molar-refractivity contribution in [3.8, 4) is 0 Å². The second-order valence-electron chi connectivity index (χ2n) is 5.08. The van der Waals surface area contributed by atoms with Crippen molar-refractivity contribution in [3.63, 3.8) is 0 Å². The Morgan fingerprint density at radius 2 is 1.62 bits per heavy atom. The van der Waals surface area contributed by atoms with Crippen LogP contribution in [-0.4, -0.2) is 22.9 Å². The normalized spacial score (nSPS) is 14.2. The van der Waals surface area contributed by atoms with Gasteiger partial charge in [0.25, 0.3) is 0 Å². The minimum Gasteiger partial charge on any atom is -0.396 e. The van der Waals surface area contributed by atoms with Gasteiger partial charge in [0, 0.05) is 6.61 Å². The number of hydrogen-bond donors (Lipinski definition) is 2. The molecule has 0 aromatic rings. The molecule has 0 aliphatic rings. The Hall–Kier alpha value is -0.0800. The molecule has 0 aliphatic carbocycles. The van der Waals surface area contributed by atoms with E-state index in [0.717, 1.165) is 12.8 Å². The van der Waals surface area contributed by atoms with E-state index in [1.807, 2.05) is 6.92 Å². The van der Waals surface area contributed by atoms with Crippen molar-refractivity contribution >= 4 is 0 Å². The molecule has 0 aromatic carbocycles. The summed E-state index contributed by atoms with van der Waals surface area (Å²) in [6.07, 6.45) is 5.62.